The Labute approximate surface area is 101 Å². The second kappa shape index (κ2) is 10.7. The monoisotopic (exact) mass is 222 g/mol. The van der Waals surface area contributed by atoms with Crippen LogP contribution < -0.4 is 0 Å². The van der Waals surface area contributed by atoms with Crippen LogP contribution in [-0.2, 0) is 0 Å². The van der Waals surface area contributed by atoms with Gasteiger partial charge in [-0.1, -0.05) is 69.0 Å². The summed E-state index contributed by atoms with van der Waals surface area (Å²) >= 11 is 0. The van der Waals surface area contributed by atoms with Gasteiger partial charge in [0, 0.05) is 6.61 Å². The largest absolute Gasteiger partial charge is 0.396 e. The van der Waals surface area contributed by atoms with Gasteiger partial charge >= 0.3 is 0 Å². The van der Waals surface area contributed by atoms with Gasteiger partial charge in [0.15, 0.2) is 0 Å². The molecular weight excluding hydrogens is 196 g/mol. The van der Waals surface area contributed by atoms with Gasteiger partial charge in [0.1, 0.15) is 0 Å². The lowest BCUT2D eigenvalue weighted by Crippen LogP contribution is -1.88. The van der Waals surface area contributed by atoms with Crippen molar-refractivity contribution in [2.75, 3.05) is 6.61 Å². The van der Waals surface area contributed by atoms with Gasteiger partial charge in [-0.15, -0.1) is 0 Å². The van der Waals surface area contributed by atoms with Crippen LogP contribution in [0.4, 0.5) is 0 Å². The molecule has 0 aliphatic rings. The van der Waals surface area contributed by atoms with E-state index in [0.29, 0.717) is 6.61 Å². The lowest BCUT2D eigenvalue weighted by Gasteiger charge is -2.01. The second-order valence-corrected chi connectivity index (χ2v) is 4.62. The first-order valence-corrected chi connectivity index (χ1v) is 6.29. The van der Waals surface area contributed by atoms with E-state index in [9.17, 15) is 0 Å². The predicted octanol–water partition coefficient (Wildman–Crippen LogP) is 4.19. The fraction of sp³-hybridized carbons (Fsp3) is 0.600. The molecule has 0 radical (unpaired) electrons. The summed E-state index contributed by atoms with van der Waals surface area (Å²) in [5.74, 6) is 0.823. The Morgan fingerprint density at radius 3 is 2.00 bits per heavy atom. The lowest BCUT2D eigenvalue weighted by molar-refractivity contribution is 0.281. The summed E-state index contributed by atoms with van der Waals surface area (Å²) in [4.78, 5) is 0. The van der Waals surface area contributed by atoms with E-state index < -0.39 is 0 Å². The molecular formula is C15H26O. The number of rotatable bonds is 5. The molecule has 0 spiro atoms. The summed E-state index contributed by atoms with van der Waals surface area (Å²) in [6.45, 7) is 6.91. The number of aryl methyl sites for hydroxylation is 1. The zero-order valence-corrected chi connectivity index (χ0v) is 10.9. The molecule has 0 fully saturated rings. The summed E-state index contributed by atoms with van der Waals surface area (Å²) in [6, 6.07) is 10.3. The van der Waals surface area contributed by atoms with Crippen molar-refractivity contribution in [2.24, 2.45) is 5.92 Å². The second-order valence-electron chi connectivity index (χ2n) is 4.62. The highest BCUT2D eigenvalue weighted by atomic mass is 16.2. The fourth-order valence-electron chi connectivity index (χ4n) is 1.38. The van der Waals surface area contributed by atoms with Crippen molar-refractivity contribution in [3.05, 3.63) is 35.9 Å². The molecule has 1 N–H and O–H groups in total. The van der Waals surface area contributed by atoms with Gasteiger partial charge in [-0.2, -0.15) is 0 Å². The Morgan fingerprint density at radius 2 is 1.62 bits per heavy atom. The number of hydrogen-bond acceptors (Lipinski definition) is 1. The highest BCUT2D eigenvalue weighted by molar-refractivity contribution is 5.11. The Hall–Kier alpha value is -0.820. The summed E-state index contributed by atoms with van der Waals surface area (Å²) in [5.41, 5.74) is 1.32. The standard InChI is InChI=1S/C8H18O.C7H8/c1-8(2)6-4-3-5-7-9;1-7-5-3-2-4-6-7/h8-9H,3-7H2,1-2H3;2-6H,1H3. The first kappa shape index (κ1) is 15.2. The Kier molecular flexibility index (Phi) is 10.1. The third-order valence-corrected chi connectivity index (χ3v) is 2.38. The van der Waals surface area contributed by atoms with E-state index in [1.165, 1.54) is 24.8 Å². The number of benzene rings is 1. The topological polar surface area (TPSA) is 20.2 Å². The molecule has 0 saturated heterocycles. The van der Waals surface area contributed by atoms with Crippen LogP contribution in [0.3, 0.4) is 0 Å². The summed E-state index contributed by atoms with van der Waals surface area (Å²) < 4.78 is 0. The van der Waals surface area contributed by atoms with Crippen LogP contribution in [0.1, 0.15) is 45.1 Å². The number of aliphatic hydroxyl groups is 1. The summed E-state index contributed by atoms with van der Waals surface area (Å²) in [6.07, 6.45) is 4.75. The number of aliphatic hydroxyl groups excluding tert-OH is 1. The Balaban J connectivity index is 0.000000288. The van der Waals surface area contributed by atoms with Crippen molar-refractivity contribution < 1.29 is 5.11 Å². The normalized spacial score (nSPS) is 9.81. The Morgan fingerprint density at radius 1 is 1.00 bits per heavy atom. The van der Waals surface area contributed by atoms with E-state index >= 15 is 0 Å². The predicted molar refractivity (Wildman–Crippen MR) is 71.6 cm³/mol. The van der Waals surface area contributed by atoms with Crippen LogP contribution in [0, 0.1) is 12.8 Å². The Bertz CT molecular complexity index is 228. The smallest absolute Gasteiger partial charge is 0.0431 e. The summed E-state index contributed by atoms with van der Waals surface area (Å²) in [7, 11) is 0. The van der Waals surface area contributed by atoms with E-state index in [2.05, 4.69) is 32.9 Å². The molecule has 1 aromatic rings. The summed E-state index contributed by atoms with van der Waals surface area (Å²) in [5, 5.41) is 8.43. The maximum Gasteiger partial charge on any atom is 0.0431 e. The highest BCUT2D eigenvalue weighted by Crippen LogP contribution is 2.06. The van der Waals surface area contributed by atoms with E-state index in [1.807, 2.05) is 18.2 Å². The fourth-order valence-corrected chi connectivity index (χ4v) is 1.38. The molecule has 0 saturated carbocycles. The van der Waals surface area contributed by atoms with E-state index in [-0.39, 0.29) is 0 Å². The van der Waals surface area contributed by atoms with E-state index in [0.717, 1.165) is 12.3 Å². The minimum absolute atomic E-state index is 0.359. The molecule has 1 rings (SSSR count). The molecule has 0 amide bonds. The van der Waals surface area contributed by atoms with E-state index in [1.54, 1.807) is 0 Å². The van der Waals surface area contributed by atoms with Crippen LogP contribution in [0.5, 0.6) is 0 Å². The molecule has 0 atom stereocenters. The van der Waals surface area contributed by atoms with E-state index in [4.69, 9.17) is 5.11 Å². The van der Waals surface area contributed by atoms with Gasteiger partial charge in [0.2, 0.25) is 0 Å². The molecule has 0 heterocycles. The van der Waals surface area contributed by atoms with Crippen molar-refractivity contribution in [1.82, 2.24) is 0 Å². The molecule has 0 aliphatic heterocycles. The van der Waals surface area contributed by atoms with Crippen LogP contribution in [0.15, 0.2) is 30.3 Å². The lowest BCUT2D eigenvalue weighted by atomic mass is 10.1. The molecule has 0 unspecified atom stereocenters. The molecule has 0 bridgehead atoms. The van der Waals surface area contributed by atoms with Gasteiger partial charge in [-0.3, -0.25) is 0 Å². The van der Waals surface area contributed by atoms with Crippen LogP contribution in [0.2, 0.25) is 0 Å². The van der Waals surface area contributed by atoms with Gasteiger partial charge in [-0.05, 0) is 19.3 Å². The zero-order valence-electron chi connectivity index (χ0n) is 10.9. The average molecular weight is 222 g/mol. The van der Waals surface area contributed by atoms with Crippen molar-refractivity contribution in [1.29, 1.82) is 0 Å². The van der Waals surface area contributed by atoms with Crippen molar-refractivity contribution in [2.45, 2.75) is 46.5 Å². The average Bonchev–Trinajstić information content (AvgIpc) is 2.26. The van der Waals surface area contributed by atoms with Gasteiger partial charge < -0.3 is 5.11 Å². The molecule has 0 aromatic heterocycles. The van der Waals surface area contributed by atoms with Crippen molar-refractivity contribution >= 4 is 0 Å². The van der Waals surface area contributed by atoms with Gasteiger partial charge in [0.05, 0.1) is 0 Å². The quantitative estimate of drug-likeness (QED) is 0.741. The first-order chi connectivity index (χ1) is 7.66. The van der Waals surface area contributed by atoms with Crippen LogP contribution in [0.25, 0.3) is 0 Å². The van der Waals surface area contributed by atoms with Crippen molar-refractivity contribution in [3.8, 4) is 0 Å². The highest BCUT2D eigenvalue weighted by Gasteiger charge is 1.92. The maximum absolute atomic E-state index is 8.43. The molecule has 1 aromatic carbocycles. The maximum atomic E-state index is 8.43. The molecule has 1 nitrogen and oxygen atoms in total. The number of unbranched alkanes of at least 4 members (excludes halogenated alkanes) is 2. The molecule has 16 heavy (non-hydrogen) atoms. The minimum Gasteiger partial charge on any atom is -0.396 e. The SMILES string of the molecule is CC(C)CCCCCO.Cc1ccccc1. The first-order valence-electron chi connectivity index (χ1n) is 6.29. The minimum atomic E-state index is 0.359. The van der Waals surface area contributed by atoms with Crippen LogP contribution >= 0.6 is 0 Å². The van der Waals surface area contributed by atoms with Gasteiger partial charge in [0.25, 0.3) is 0 Å². The van der Waals surface area contributed by atoms with Crippen molar-refractivity contribution in [3.63, 3.8) is 0 Å². The van der Waals surface area contributed by atoms with Crippen LogP contribution in [-0.4, -0.2) is 11.7 Å². The molecule has 92 valence electrons. The zero-order chi connectivity index (χ0) is 12.2. The van der Waals surface area contributed by atoms with Gasteiger partial charge in [-0.25, -0.2) is 0 Å². The molecule has 1 heteroatoms. The third kappa shape index (κ3) is 11.3. The third-order valence-electron chi connectivity index (χ3n) is 2.38. The molecule has 0 aliphatic carbocycles. The number of hydrogen-bond donors (Lipinski definition) is 1.